The average Bonchev–Trinajstić information content (AvgIpc) is 2.52. The van der Waals surface area contributed by atoms with Crippen molar-refractivity contribution in [1.82, 2.24) is 4.90 Å². The lowest BCUT2D eigenvalue weighted by molar-refractivity contribution is -0.0917. The molecule has 2 aliphatic rings. The van der Waals surface area contributed by atoms with E-state index in [1.165, 1.54) is 0 Å². The van der Waals surface area contributed by atoms with Crippen LogP contribution in [0.25, 0.3) is 0 Å². The monoisotopic (exact) mass is 244 g/mol. The van der Waals surface area contributed by atoms with Gasteiger partial charge in [-0.05, 0) is 13.5 Å². The van der Waals surface area contributed by atoms with Crippen molar-refractivity contribution in [3.63, 3.8) is 0 Å². The van der Waals surface area contributed by atoms with Crippen LogP contribution in [-0.2, 0) is 14.6 Å². The molecule has 0 aromatic heterocycles. The molecule has 5 nitrogen and oxygen atoms in total. The van der Waals surface area contributed by atoms with Gasteiger partial charge in [0.15, 0.2) is 9.84 Å². The predicted octanol–water partition coefficient (Wildman–Crippen LogP) is -0.355. The molecule has 0 radical (unpaired) electrons. The molecule has 2 aliphatic heterocycles. The van der Waals surface area contributed by atoms with Crippen LogP contribution in [0.4, 0.5) is 0 Å². The first-order valence-corrected chi connectivity index (χ1v) is 7.18. The molecule has 1 atom stereocenters. The molecule has 0 aliphatic carbocycles. The number of sulfone groups is 1. The first-order valence-electron chi connectivity index (χ1n) is 5.36. The Balaban J connectivity index is 1.94. The van der Waals surface area contributed by atoms with Crippen LogP contribution in [0.2, 0.25) is 0 Å². The molecule has 2 fully saturated rings. The van der Waals surface area contributed by atoms with Gasteiger partial charge in [0.2, 0.25) is 0 Å². The van der Waals surface area contributed by atoms with Crippen molar-refractivity contribution in [2.75, 3.05) is 38.3 Å². The number of hydrogen-bond acceptors (Lipinski definition) is 5. The molecule has 0 N–H and O–H groups in total. The maximum absolute atomic E-state index is 11.3. The minimum absolute atomic E-state index is 0.0656. The second-order valence-corrected chi connectivity index (χ2v) is 7.09. The van der Waals surface area contributed by atoms with Crippen molar-refractivity contribution in [3.05, 3.63) is 0 Å². The van der Waals surface area contributed by atoms with E-state index in [9.17, 15) is 8.42 Å². The van der Waals surface area contributed by atoms with E-state index >= 15 is 0 Å². The fourth-order valence-corrected chi connectivity index (χ4v) is 4.07. The van der Waals surface area contributed by atoms with E-state index in [0.29, 0.717) is 26.2 Å². The summed E-state index contributed by atoms with van der Waals surface area (Å²) >= 11 is 0. The van der Waals surface area contributed by atoms with E-state index in [0.717, 1.165) is 0 Å². The van der Waals surface area contributed by atoms with Crippen molar-refractivity contribution in [2.24, 2.45) is 5.41 Å². The Kier molecular flexibility index (Phi) is 2.95. The smallest absolute Gasteiger partial charge is 0.151 e. The number of nitrogens with zero attached hydrogens (tertiary/aromatic N) is 2. The molecule has 1 unspecified atom stereocenters. The zero-order valence-electron chi connectivity index (χ0n) is 9.35. The predicted molar refractivity (Wildman–Crippen MR) is 58.6 cm³/mol. The van der Waals surface area contributed by atoms with Crippen LogP contribution in [0.3, 0.4) is 0 Å². The van der Waals surface area contributed by atoms with Crippen molar-refractivity contribution >= 4 is 9.84 Å². The van der Waals surface area contributed by atoms with Gasteiger partial charge in [-0.3, -0.25) is 0 Å². The zero-order valence-corrected chi connectivity index (χ0v) is 10.2. The molecular formula is C10H16N2O3S. The van der Waals surface area contributed by atoms with E-state index < -0.39 is 15.3 Å². The minimum atomic E-state index is -2.85. The third-order valence-electron chi connectivity index (χ3n) is 3.38. The van der Waals surface area contributed by atoms with Gasteiger partial charge >= 0.3 is 0 Å². The van der Waals surface area contributed by atoms with Crippen LogP contribution in [0.5, 0.6) is 0 Å². The lowest BCUT2D eigenvalue weighted by Gasteiger charge is -2.39. The summed E-state index contributed by atoms with van der Waals surface area (Å²) in [5, 5.41) is 9.06. The second kappa shape index (κ2) is 3.99. The van der Waals surface area contributed by atoms with E-state index in [1.807, 2.05) is 11.9 Å². The molecule has 0 aromatic carbocycles. The van der Waals surface area contributed by atoms with E-state index in [-0.39, 0.29) is 17.5 Å². The highest BCUT2D eigenvalue weighted by molar-refractivity contribution is 7.91. The Hall–Kier alpha value is -0.640. The SMILES string of the molecule is CN(CC1(C#N)COC1)C1CCS(=O)(=O)C1. The van der Waals surface area contributed by atoms with E-state index in [4.69, 9.17) is 10.00 Å². The van der Waals surface area contributed by atoms with Gasteiger partial charge in [-0.1, -0.05) is 0 Å². The average molecular weight is 244 g/mol. The molecule has 2 heterocycles. The summed E-state index contributed by atoms with van der Waals surface area (Å²) in [7, 11) is -0.956. The summed E-state index contributed by atoms with van der Waals surface area (Å²) in [6.45, 7) is 1.53. The van der Waals surface area contributed by atoms with Crippen LogP contribution in [0.15, 0.2) is 0 Å². The van der Waals surface area contributed by atoms with E-state index in [2.05, 4.69) is 6.07 Å². The van der Waals surface area contributed by atoms with Gasteiger partial charge in [0.1, 0.15) is 5.41 Å². The van der Waals surface area contributed by atoms with Gasteiger partial charge in [-0.15, -0.1) is 0 Å². The summed E-state index contributed by atoms with van der Waals surface area (Å²) in [5.41, 5.74) is -0.416. The largest absolute Gasteiger partial charge is 0.378 e. The second-order valence-electron chi connectivity index (χ2n) is 4.86. The molecule has 90 valence electrons. The van der Waals surface area contributed by atoms with Crippen molar-refractivity contribution in [1.29, 1.82) is 5.26 Å². The fourth-order valence-electron chi connectivity index (χ4n) is 2.27. The number of nitriles is 1. The first-order chi connectivity index (χ1) is 7.46. The zero-order chi connectivity index (χ0) is 11.8. The molecule has 0 aromatic rings. The number of ether oxygens (including phenoxy) is 1. The van der Waals surface area contributed by atoms with Crippen LogP contribution < -0.4 is 0 Å². The Morgan fingerprint density at radius 1 is 1.56 bits per heavy atom. The first kappa shape index (κ1) is 11.8. The van der Waals surface area contributed by atoms with Gasteiger partial charge < -0.3 is 9.64 Å². The summed E-state index contributed by atoms with van der Waals surface area (Å²) in [6, 6.07) is 2.34. The third kappa shape index (κ3) is 2.21. The van der Waals surface area contributed by atoms with Crippen molar-refractivity contribution in [3.8, 4) is 6.07 Å². The molecular weight excluding hydrogens is 228 g/mol. The molecule has 0 amide bonds. The van der Waals surface area contributed by atoms with Gasteiger partial charge in [-0.2, -0.15) is 5.26 Å². The molecule has 6 heteroatoms. The highest BCUT2D eigenvalue weighted by atomic mass is 32.2. The van der Waals surface area contributed by atoms with Crippen LogP contribution in [-0.4, -0.2) is 57.7 Å². The van der Waals surface area contributed by atoms with Crippen LogP contribution in [0, 0.1) is 16.7 Å². The molecule has 0 bridgehead atoms. The van der Waals surface area contributed by atoms with Crippen LogP contribution in [0.1, 0.15) is 6.42 Å². The summed E-state index contributed by atoms with van der Waals surface area (Å²) in [5.74, 6) is 0.504. The standard InChI is InChI=1S/C10H16N2O3S/c1-12(6-10(5-11)7-15-8-10)9-2-3-16(13,14)4-9/h9H,2-4,6-8H2,1H3. The highest BCUT2D eigenvalue weighted by Crippen LogP contribution is 2.29. The molecule has 2 saturated heterocycles. The normalized spacial score (nSPS) is 30.9. The Morgan fingerprint density at radius 3 is 2.62 bits per heavy atom. The minimum Gasteiger partial charge on any atom is -0.378 e. The summed E-state index contributed by atoms with van der Waals surface area (Å²) in [6.07, 6.45) is 0.682. The lowest BCUT2D eigenvalue weighted by atomic mass is 9.87. The van der Waals surface area contributed by atoms with E-state index in [1.54, 1.807) is 0 Å². The Bertz CT molecular complexity index is 408. The summed E-state index contributed by atoms with van der Waals surface area (Å²) in [4.78, 5) is 2.00. The highest BCUT2D eigenvalue weighted by Gasteiger charge is 2.42. The van der Waals surface area contributed by atoms with Crippen LogP contribution >= 0.6 is 0 Å². The van der Waals surface area contributed by atoms with Crippen molar-refractivity contribution in [2.45, 2.75) is 12.5 Å². The topological polar surface area (TPSA) is 70.4 Å². The number of rotatable bonds is 3. The van der Waals surface area contributed by atoms with Gasteiger partial charge in [0.05, 0.1) is 30.8 Å². The fraction of sp³-hybridized carbons (Fsp3) is 0.900. The summed E-state index contributed by atoms with van der Waals surface area (Å²) < 4.78 is 27.8. The van der Waals surface area contributed by atoms with Crippen molar-refractivity contribution < 1.29 is 13.2 Å². The number of hydrogen-bond donors (Lipinski definition) is 0. The van der Waals surface area contributed by atoms with Gasteiger partial charge in [0, 0.05) is 12.6 Å². The molecule has 16 heavy (non-hydrogen) atoms. The van der Waals surface area contributed by atoms with Gasteiger partial charge in [-0.25, -0.2) is 8.42 Å². The maximum atomic E-state index is 11.3. The molecule has 0 spiro atoms. The molecule has 2 rings (SSSR count). The Morgan fingerprint density at radius 2 is 2.25 bits per heavy atom. The third-order valence-corrected chi connectivity index (χ3v) is 5.13. The quantitative estimate of drug-likeness (QED) is 0.678. The Labute approximate surface area is 95.9 Å². The molecule has 0 saturated carbocycles. The van der Waals surface area contributed by atoms with Gasteiger partial charge in [0.25, 0.3) is 0 Å². The lowest BCUT2D eigenvalue weighted by Crippen LogP contribution is -2.51. The maximum Gasteiger partial charge on any atom is 0.151 e.